The van der Waals surface area contributed by atoms with Gasteiger partial charge in [0.2, 0.25) is 0 Å². The molecule has 0 saturated carbocycles. The van der Waals surface area contributed by atoms with E-state index in [-0.39, 0.29) is 18.2 Å². The van der Waals surface area contributed by atoms with Gasteiger partial charge in [0, 0.05) is 10.9 Å². The summed E-state index contributed by atoms with van der Waals surface area (Å²) in [6.07, 6.45) is -5.17. The molecule has 0 fully saturated rings. The molecule has 0 aliphatic carbocycles. The standard InChI is InChI=1S/C13H11BrF4N2/c1-7-19-10(3-2-4-13(16,17)18)12-9(15)5-8(14)6-11(12)20-7/h5-6H,2-4H2,1H3. The van der Waals surface area contributed by atoms with E-state index < -0.39 is 18.4 Å². The van der Waals surface area contributed by atoms with Gasteiger partial charge in [-0.3, -0.25) is 0 Å². The third-order valence-electron chi connectivity index (χ3n) is 2.78. The molecule has 2 rings (SSSR count). The smallest absolute Gasteiger partial charge is 0.237 e. The van der Waals surface area contributed by atoms with Crippen molar-refractivity contribution in [3.05, 3.63) is 33.9 Å². The van der Waals surface area contributed by atoms with Crippen LogP contribution in [0.15, 0.2) is 16.6 Å². The molecule has 0 bridgehead atoms. The zero-order valence-corrected chi connectivity index (χ0v) is 12.1. The Labute approximate surface area is 121 Å². The van der Waals surface area contributed by atoms with Crippen molar-refractivity contribution in [1.29, 1.82) is 0 Å². The summed E-state index contributed by atoms with van der Waals surface area (Å²) in [4.78, 5) is 8.19. The van der Waals surface area contributed by atoms with Gasteiger partial charge in [-0.2, -0.15) is 13.2 Å². The minimum Gasteiger partial charge on any atom is -0.237 e. The Morgan fingerprint density at radius 1 is 1.20 bits per heavy atom. The lowest BCUT2D eigenvalue weighted by Crippen LogP contribution is -2.08. The fourth-order valence-corrected chi connectivity index (χ4v) is 2.44. The van der Waals surface area contributed by atoms with Crippen LogP contribution in [0.2, 0.25) is 0 Å². The molecule has 108 valence electrons. The van der Waals surface area contributed by atoms with Crippen LogP contribution in [0.5, 0.6) is 0 Å². The van der Waals surface area contributed by atoms with Crippen LogP contribution in [0.25, 0.3) is 10.9 Å². The highest BCUT2D eigenvalue weighted by Crippen LogP contribution is 2.27. The van der Waals surface area contributed by atoms with Crippen LogP contribution in [0.1, 0.15) is 24.4 Å². The molecule has 0 radical (unpaired) electrons. The Morgan fingerprint density at radius 2 is 1.90 bits per heavy atom. The normalized spacial score (nSPS) is 12.1. The van der Waals surface area contributed by atoms with Gasteiger partial charge in [-0.25, -0.2) is 14.4 Å². The van der Waals surface area contributed by atoms with E-state index in [4.69, 9.17) is 0 Å². The van der Waals surface area contributed by atoms with Gasteiger partial charge in [-0.15, -0.1) is 0 Å². The first-order chi connectivity index (χ1) is 9.26. The van der Waals surface area contributed by atoms with Crippen molar-refractivity contribution in [2.75, 3.05) is 0 Å². The lowest BCUT2D eigenvalue weighted by atomic mass is 10.1. The van der Waals surface area contributed by atoms with E-state index in [2.05, 4.69) is 25.9 Å². The van der Waals surface area contributed by atoms with E-state index in [1.54, 1.807) is 13.0 Å². The number of rotatable bonds is 3. The minimum absolute atomic E-state index is 0.0674. The van der Waals surface area contributed by atoms with Crippen molar-refractivity contribution in [2.24, 2.45) is 0 Å². The summed E-state index contributed by atoms with van der Waals surface area (Å²) >= 11 is 3.16. The number of fused-ring (bicyclic) bond motifs is 1. The number of aromatic nitrogens is 2. The van der Waals surface area contributed by atoms with Crippen LogP contribution < -0.4 is 0 Å². The van der Waals surface area contributed by atoms with Gasteiger partial charge in [0.15, 0.2) is 0 Å². The van der Waals surface area contributed by atoms with E-state index in [0.717, 1.165) is 0 Å². The Kier molecular flexibility index (Phi) is 4.27. The fraction of sp³-hybridized carbons (Fsp3) is 0.385. The largest absolute Gasteiger partial charge is 0.389 e. The molecular formula is C13H11BrF4N2. The SMILES string of the molecule is Cc1nc(CCCC(F)(F)F)c2c(F)cc(Br)cc2n1. The molecule has 0 saturated heterocycles. The van der Waals surface area contributed by atoms with Crippen LogP contribution >= 0.6 is 15.9 Å². The lowest BCUT2D eigenvalue weighted by molar-refractivity contribution is -0.135. The Morgan fingerprint density at radius 3 is 2.55 bits per heavy atom. The quantitative estimate of drug-likeness (QED) is 0.748. The van der Waals surface area contributed by atoms with Gasteiger partial charge in [0.25, 0.3) is 0 Å². The first-order valence-electron chi connectivity index (χ1n) is 5.95. The fourth-order valence-electron chi connectivity index (χ4n) is 2.02. The van der Waals surface area contributed by atoms with E-state index in [1.165, 1.54) is 6.07 Å². The first kappa shape index (κ1) is 15.2. The molecule has 0 atom stereocenters. The molecular weight excluding hydrogens is 340 g/mol. The van der Waals surface area contributed by atoms with Crippen LogP contribution in [-0.4, -0.2) is 16.1 Å². The van der Waals surface area contributed by atoms with Crippen molar-refractivity contribution in [3.8, 4) is 0 Å². The monoisotopic (exact) mass is 350 g/mol. The van der Waals surface area contributed by atoms with Gasteiger partial charge >= 0.3 is 6.18 Å². The highest BCUT2D eigenvalue weighted by Gasteiger charge is 2.26. The van der Waals surface area contributed by atoms with Crippen LogP contribution in [0.4, 0.5) is 17.6 Å². The topological polar surface area (TPSA) is 25.8 Å². The predicted octanol–water partition coefficient (Wildman–Crippen LogP) is 4.72. The van der Waals surface area contributed by atoms with Gasteiger partial charge in [-0.1, -0.05) is 15.9 Å². The molecule has 0 unspecified atom stereocenters. The molecule has 2 nitrogen and oxygen atoms in total. The number of hydrogen-bond donors (Lipinski definition) is 0. The molecule has 0 spiro atoms. The molecule has 0 aliphatic heterocycles. The second-order valence-corrected chi connectivity index (χ2v) is 5.38. The Hall–Kier alpha value is -1.24. The van der Waals surface area contributed by atoms with Gasteiger partial charge in [-0.05, 0) is 31.9 Å². The highest BCUT2D eigenvalue weighted by molar-refractivity contribution is 9.10. The van der Waals surface area contributed by atoms with Crippen LogP contribution in [-0.2, 0) is 6.42 Å². The van der Waals surface area contributed by atoms with Crippen LogP contribution in [0.3, 0.4) is 0 Å². The van der Waals surface area contributed by atoms with Crippen molar-refractivity contribution in [3.63, 3.8) is 0 Å². The maximum atomic E-state index is 14.0. The van der Waals surface area contributed by atoms with Gasteiger partial charge in [0.05, 0.1) is 16.6 Å². The molecule has 1 aromatic carbocycles. The number of benzene rings is 1. The maximum absolute atomic E-state index is 14.0. The zero-order valence-electron chi connectivity index (χ0n) is 10.6. The molecule has 0 aliphatic rings. The summed E-state index contributed by atoms with van der Waals surface area (Å²) in [6, 6.07) is 2.88. The third-order valence-corrected chi connectivity index (χ3v) is 3.23. The van der Waals surface area contributed by atoms with Crippen molar-refractivity contribution >= 4 is 26.8 Å². The molecule has 1 aromatic heterocycles. The van der Waals surface area contributed by atoms with E-state index in [0.29, 0.717) is 21.5 Å². The molecule has 1 heterocycles. The van der Waals surface area contributed by atoms with E-state index >= 15 is 0 Å². The number of nitrogens with zero attached hydrogens (tertiary/aromatic N) is 2. The van der Waals surface area contributed by atoms with Crippen molar-refractivity contribution in [1.82, 2.24) is 9.97 Å². The summed E-state index contributed by atoms with van der Waals surface area (Å²) in [5, 5.41) is 0.195. The van der Waals surface area contributed by atoms with Crippen molar-refractivity contribution in [2.45, 2.75) is 32.4 Å². The number of alkyl halides is 3. The molecule has 0 amide bonds. The zero-order chi connectivity index (χ0) is 14.9. The number of hydrogen-bond acceptors (Lipinski definition) is 2. The number of aryl methyl sites for hydroxylation is 2. The summed E-state index contributed by atoms with van der Waals surface area (Å²) in [5.41, 5.74) is 0.716. The highest BCUT2D eigenvalue weighted by atomic mass is 79.9. The Balaban J connectivity index is 2.37. The molecule has 20 heavy (non-hydrogen) atoms. The second kappa shape index (κ2) is 5.63. The maximum Gasteiger partial charge on any atom is 0.389 e. The molecule has 2 aromatic rings. The third kappa shape index (κ3) is 3.65. The van der Waals surface area contributed by atoms with Crippen LogP contribution in [0, 0.1) is 12.7 Å². The minimum atomic E-state index is -4.21. The average molecular weight is 351 g/mol. The summed E-state index contributed by atoms with van der Waals surface area (Å²) in [7, 11) is 0. The lowest BCUT2D eigenvalue weighted by Gasteiger charge is -2.09. The summed E-state index contributed by atoms with van der Waals surface area (Å²) in [6.45, 7) is 1.63. The summed E-state index contributed by atoms with van der Waals surface area (Å²) in [5.74, 6) is -0.117. The Bertz CT molecular complexity index is 635. The van der Waals surface area contributed by atoms with E-state index in [1.807, 2.05) is 0 Å². The second-order valence-electron chi connectivity index (χ2n) is 4.47. The van der Waals surface area contributed by atoms with Crippen molar-refractivity contribution < 1.29 is 17.6 Å². The van der Waals surface area contributed by atoms with Gasteiger partial charge in [0.1, 0.15) is 11.6 Å². The molecule has 0 N–H and O–H groups in total. The van der Waals surface area contributed by atoms with E-state index in [9.17, 15) is 17.6 Å². The van der Waals surface area contributed by atoms with Gasteiger partial charge < -0.3 is 0 Å². The first-order valence-corrected chi connectivity index (χ1v) is 6.74. The molecule has 7 heteroatoms. The average Bonchev–Trinajstić information content (AvgIpc) is 2.24. The number of halogens is 5. The predicted molar refractivity (Wildman–Crippen MR) is 70.9 cm³/mol. The summed E-state index contributed by atoms with van der Waals surface area (Å²) < 4.78 is 51.0.